The van der Waals surface area contributed by atoms with Crippen LogP contribution in [0.2, 0.25) is 0 Å². The SMILES string of the molecule is Cc1ccc(C)c(CC(Cl)c2ccc(Br)c(F)c2)c1. The molecule has 1 atom stereocenters. The fraction of sp³-hybridized carbons (Fsp3) is 0.250. The van der Waals surface area contributed by atoms with Crippen LogP contribution in [0.3, 0.4) is 0 Å². The van der Waals surface area contributed by atoms with Gasteiger partial charge in [-0.3, -0.25) is 0 Å². The Morgan fingerprint density at radius 3 is 2.58 bits per heavy atom. The van der Waals surface area contributed by atoms with Gasteiger partial charge in [0.15, 0.2) is 0 Å². The lowest BCUT2D eigenvalue weighted by molar-refractivity contribution is 0.618. The zero-order chi connectivity index (χ0) is 14.0. The summed E-state index contributed by atoms with van der Waals surface area (Å²) in [6.45, 7) is 4.13. The van der Waals surface area contributed by atoms with Crippen LogP contribution in [0, 0.1) is 19.7 Å². The third-order valence-electron chi connectivity index (χ3n) is 3.21. The van der Waals surface area contributed by atoms with Crippen LogP contribution in [0.5, 0.6) is 0 Å². The minimum Gasteiger partial charge on any atom is -0.206 e. The van der Waals surface area contributed by atoms with Crippen molar-refractivity contribution >= 4 is 27.5 Å². The third-order valence-corrected chi connectivity index (χ3v) is 4.26. The second kappa shape index (κ2) is 6.06. The van der Waals surface area contributed by atoms with Gasteiger partial charge in [-0.2, -0.15) is 0 Å². The first-order valence-corrected chi connectivity index (χ1v) is 7.35. The van der Waals surface area contributed by atoms with Crippen LogP contribution in [-0.4, -0.2) is 0 Å². The van der Waals surface area contributed by atoms with E-state index >= 15 is 0 Å². The molecule has 0 aromatic heterocycles. The highest BCUT2D eigenvalue weighted by Crippen LogP contribution is 2.29. The molecule has 100 valence electrons. The van der Waals surface area contributed by atoms with Crippen molar-refractivity contribution in [3.63, 3.8) is 0 Å². The van der Waals surface area contributed by atoms with E-state index in [0.717, 1.165) is 5.56 Å². The molecule has 0 radical (unpaired) electrons. The lowest BCUT2D eigenvalue weighted by Gasteiger charge is -2.13. The molecule has 0 fully saturated rings. The van der Waals surface area contributed by atoms with Gasteiger partial charge >= 0.3 is 0 Å². The van der Waals surface area contributed by atoms with E-state index in [2.05, 4.69) is 48.0 Å². The summed E-state index contributed by atoms with van der Waals surface area (Å²) in [5, 5.41) is -0.219. The fourth-order valence-corrected chi connectivity index (χ4v) is 2.59. The molecule has 1 unspecified atom stereocenters. The van der Waals surface area contributed by atoms with Crippen molar-refractivity contribution in [3.8, 4) is 0 Å². The Kier molecular flexibility index (Phi) is 4.64. The zero-order valence-corrected chi connectivity index (χ0v) is 13.2. The standard InChI is InChI=1S/C16H15BrClF/c1-10-3-4-11(2)13(7-10)8-15(18)12-5-6-14(17)16(19)9-12/h3-7,9,15H,8H2,1-2H3. The molecule has 19 heavy (non-hydrogen) atoms. The minimum atomic E-state index is -0.274. The quantitative estimate of drug-likeness (QED) is 0.626. The number of hydrogen-bond donors (Lipinski definition) is 0. The van der Waals surface area contributed by atoms with Gasteiger partial charge in [-0.15, -0.1) is 11.6 Å². The summed E-state index contributed by atoms with van der Waals surface area (Å²) in [7, 11) is 0. The van der Waals surface area contributed by atoms with Gasteiger partial charge < -0.3 is 0 Å². The van der Waals surface area contributed by atoms with Gasteiger partial charge in [-0.1, -0.05) is 29.8 Å². The molecule has 2 aromatic rings. The molecule has 2 aromatic carbocycles. The number of halogens is 3. The van der Waals surface area contributed by atoms with Crippen molar-refractivity contribution in [3.05, 3.63) is 68.9 Å². The number of aryl methyl sites for hydroxylation is 2. The topological polar surface area (TPSA) is 0 Å². The molecule has 3 heteroatoms. The van der Waals surface area contributed by atoms with Gasteiger partial charge in [0.2, 0.25) is 0 Å². The Hall–Kier alpha value is -0.860. The van der Waals surface area contributed by atoms with Crippen LogP contribution < -0.4 is 0 Å². The second-order valence-corrected chi connectivity index (χ2v) is 6.16. The number of alkyl halides is 1. The van der Waals surface area contributed by atoms with Crippen molar-refractivity contribution in [2.24, 2.45) is 0 Å². The summed E-state index contributed by atoms with van der Waals surface area (Å²) >= 11 is 9.56. The van der Waals surface area contributed by atoms with Crippen LogP contribution in [-0.2, 0) is 6.42 Å². The molecule has 0 saturated carbocycles. The van der Waals surface area contributed by atoms with Gasteiger partial charge in [0.25, 0.3) is 0 Å². The summed E-state index contributed by atoms with van der Waals surface area (Å²) in [5.74, 6) is -0.274. The Balaban J connectivity index is 2.22. The van der Waals surface area contributed by atoms with E-state index in [1.165, 1.54) is 22.8 Å². The smallest absolute Gasteiger partial charge is 0.137 e. The van der Waals surface area contributed by atoms with Crippen molar-refractivity contribution < 1.29 is 4.39 Å². The maximum Gasteiger partial charge on any atom is 0.137 e. The van der Waals surface area contributed by atoms with Gasteiger partial charge in [0, 0.05) is 0 Å². The molecule has 0 N–H and O–H groups in total. The monoisotopic (exact) mass is 340 g/mol. The van der Waals surface area contributed by atoms with Crippen LogP contribution in [0.4, 0.5) is 4.39 Å². The van der Waals surface area contributed by atoms with Gasteiger partial charge in [-0.25, -0.2) is 4.39 Å². The van der Waals surface area contributed by atoms with Crippen LogP contribution >= 0.6 is 27.5 Å². The van der Waals surface area contributed by atoms with Gasteiger partial charge in [0.05, 0.1) is 9.85 Å². The lowest BCUT2D eigenvalue weighted by Crippen LogP contribution is -1.99. The molecule has 0 saturated heterocycles. The summed E-state index contributed by atoms with van der Waals surface area (Å²) in [6, 6.07) is 11.4. The molecule has 2 rings (SSSR count). The van der Waals surface area contributed by atoms with E-state index in [1.807, 2.05) is 6.07 Å². The van der Waals surface area contributed by atoms with Crippen LogP contribution in [0.15, 0.2) is 40.9 Å². The van der Waals surface area contributed by atoms with E-state index in [4.69, 9.17) is 11.6 Å². The molecule has 0 nitrogen and oxygen atoms in total. The summed E-state index contributed by atoms with van der Waals surface area (Å²) in [5.41, 5.74) is 4.45. The van der Waals surface area contributed by atoms with Crippen molar-refractivity contribution in [2.75, 3.05) is 0 Å². The molecular weight excluding hydrogens is 327 g/mol. The zero-order valence-electron chi connectivity index (χ0n) is 10.9. The summed E-state index contributed by atoms with van der Waals surface area (Å²) < 4.78 is 14.0. The first kappa shape index (κ1) is 14.5. The average Bonchev–Trinajstić information content (AvgIpc) is 2.37. The Morgan fingerprint density at radius 2 is 1.89 bits per heavy atom. The molecule has 0 spiro atoms. The lowest BCUT2D eigenvalue weighted by atomic mass is 9.98. The molecular formula is C16H15BrClF. The highest BCUT2D eigenvalue weighted by atomic mass is 79.9. The third kappa shape index (κ3) is 3.58. The molecule has 0 aliphatic heterocycles. The van der Waals surface area contributed by atoms with E-state index in [-0.39, 0.29) is 11.2 Å². The largest absolute Gasteiger partial charge is 0.206 e. The van der Waals surface area contributed by atoms with Crippen LogP contribution in [0.1, 0.15) is 27.6 Å². The molecule has 0 heterocycles. The average molecular weight is 342 g/mol. The van der Waals surface area contributed by atoms with Crippen molar-refractivity contribution in [1.29, 1.82) is 0 Å². The summed E-state index contributed by atoms with van der Waals surface area (Å²) in [6.07, 6.45) is 0.705. The normalized spacial score (nSPS) is 12.5. The molecule has 0 amide bonds. The van der Waals surface area contributed by atoms with Crippen LogP contribution in [0.25, 0.3) is 0 Å². The molecule has 0 aliphatic rings. The van der Waals surface area contributed by atoms with Crippen molar-refractivity contribution in [2.45, 2.75) is 25.6 Å². The molecule has 0 aliphatic carbocycles. The first-order valence-electron chi connectivity index (χ1n) is 6.12. The van der Waals surface area contributed by atoms with E-state index in [0.29, 0.717) is 10.9 Å². The predicted octanol–water partition coefficient (Wildman–Crippen LogP) is 5.73. The first-order chi connectivity index (χ1) is 8.97. The highest BCUT2D eigenvalue weighted by Gasteiger charge is 2.12. The van der Waals surface area contributed by atoms with E-state index < -0.39 is 0 Å². The van der Waals surface area contributed by atoms with Gasteiger partial charge in [-0.05, 0) is 65.0 Å². The minimum absolute atomic E-state index is 0.219. The number of hydrogen-bond acceptors (Lipinski definition) is 0. The van der Waals surface area contributed by atoms with Crippen molar-refractivity contribution in [1.82, 2.24) is 0 Å². The fourth-order valence-electron chi connectivity index (χ4n) is 2.04. The Morgan fingerprint density at radius 1 is 1.16 bits per heavy atom. The maximum atomic E-state index is 13.5. The molecule has 0 bridgehead atoms. The Labute approximate surface area is 126 Å². The predicted molar refractivity (Wildman–Crippen MR) is 82.3 cm³/mol. The second-order valence-electron chi connectivity index (χ2n) is 4.78. The maximum absolute atomic E-state index is 13.5. The Bertz CT molecular complexity index is 595. The number of benzene rings is 2. The van der Waals surface area contributed by atoms with E-state index in [1.54, 1.807) is 6.07 Å². The highest BCUT2D eigenvalue weighted by molar-refractivity contribution is 9.10. The van der Waals surface area contributed by atoms with Gasteiger partial charge in [0.1, 0.15) is 5.82 Å². The van der Waals surface area contributed by atoms with E-state index in [9.17, 15) is 4.39 Å². The summed E-state index contributed by atoms with van der Waals surface area (Å²) in [4.78, 5) is 0. The number of rotatable bonds is 3.